The van der Waals surface area contributed by atoms with Gasteiger partial charge in [-0.05, 0) is 56.8 Å². The third-order valence-corrected chi connectivity index (χ3v) is 5.72. The van der Waals surface area contributed by atoms with Crippen molar-refractivity contribution in [2.24, 2.45) is 5.92 Å². The van der Waals surface area contributed by atoms with Gasteiger partial charge >= 0.3 is 0 Å². The normalized spacial score (nSPS) is 17.5. The molecule has 1 aliphatic heterocycles. The van der Waals surface area contributed by atoms with E-state index >= 15 is 0 Å². The number of nitrogens with one attached hydrogen (secondary N) is 1. The van der Waals surface area contributed by atoms with Crippen LogP contribution in [0, 0.1) is 5.92 Å². The molecule has 148 valence electrons. The summed E-state index contributed by atoms with van der Waals surface area (Å²) in [4.78, 5) is 12.9. The highest BCUT2D eigenvalue weighted by atomic mass is 16.5. The number of carbonyl (C=O) groups excluding carboxylic acids is 1. The molecule has 1 heterocycles. The monoisotopic (exact) mass is 379 g/mol. The summed E-state index contributed by atoms with van der Waals surface area (Å²) in [7, 11) is 0. The first-order valence-corrected chi connectivity index (χ1v) is 10.6. The van der Waals surface area contributed by atoms with Crippen LogP contribution in [-0.2, 0) is 0 Å². The highest BCUT2D eigenvalue weighted by molar-refractivity contribution is 6.23. The molecule has 0 spiro atoms. The summed E-state index contributed by atoms with van der Waals surface area (Å²) in [5.41, 5.74) is 3.24. The Morgan fingerprint density at radius 1 is 0.964 bits per heavy atom. The van der Waals surface area contributed by atoms with Crippen molar-refractivity contribution in [1.82, 2.24) is 5.32 Å². The van der Waals surface area contributed by atoms with Crippen molar-refractivity contribution in [3.63, 3.8) is 0 Å². The molecular formula is C24H29NO3. The molecule has 4 nitrogen and oxygen atoms in total. The maximum atomic E-state index is 12.9. The first-order valence-electron chi connectivity index (χ1n) is 10.6. The van der Waals surface area contributed by atoms with E-state index in [1.54, 1.807) is 0 Å². The standard InChI is InChI=1S/C24H29NO3/c1-2-3-14-27-20-10-4-8-18-22(20)23-19(24(18)26)9-5-11-21(23)28-15-6-7-17-12-13-25-16-17/h4-5,8-11,17,25H,2-3,6-7,12-16H2,1H3. The number of hydrogen-bond acceptors (Lipinski definition) is 4. The van der Waals surface area contributed by atoms with E-state index in [1.807, 2.05) is 36.4 Å². The molecule has 4 heteroatoms. The van der Waals surface area contributed by atoms with Crippen molar-refractivity contribution >= 4 is 5.78 Å². The topological polar surface area (TPSA) is 47.6 Å². The summed E-state index contributed by atoms with van der Waals surface area (Å²) >= 11 is 0. The number of carbonyl (C=O) groups is 1. The lowest BCUT2D eigenvalue weighted by atomic mass is 10.0. The van der Waals surface area contributed by atoms with Crippen LogP contribution in [-0.4, -0.2) is 32.1 Å². The number of benzene rings is 2. The van der Waals surface area contributed by atoms with Crippen molar-refractivity contribution in [3.05, 3.63) is 47.5 Å². The van der Waals surface area contributed by atoms with Gasteiger partial charge in [0.2, 0.25) is 0 Å². The molecule has 0 aromatic heterocycles. The second kappa shape index (κ2) is 8.78. The van der Waals surface area contributed by atoms with Crippen molar-refractivity contribution < 1.29 is 14.3 Å². The number of ether oxygens (including phenoxy) is 2. The van der Waals surface area contributed by atoms with Gasteiger partial charge in [-0.2, -0.15) is 0 Å². The van der Waals surface area contributed by atoms with E-state index in [0.717, 1.165) is 72.0 Å². The van der Waals surface area contributed by atoms with E-state index in [2.05, 4.69) is 12.2 Å². The lowest BCUT2D eigenvalue weighted by Gasteiger charge is -2.15. The SMILES string of the molecule is CCCCOc1cccc2c1-c1c(OCCCC3CCNC3)cccc1C2=O. The molecule has 28 heavy (non-hydrogen) atoms. The van der Waals surface area contributed by atoms with E-state index in [-0.39, 0.29) is 5.78 Å². The van der Waals surface area contributed by atoms with Gasteiger partial charge in [0.15, 0.2) is 5.78 Å². The lowest BCUT2D eigenvalue weighted by Crippen LogP contribution is -2.10. The van der Waals surface area contributed by atoms with Crippen LogP contribution in [0.25, 0.3) is 11.1 Å². The molecule has 1 N–H and O–H groups in total. The van der Waals surface area contributed by atoms with Crippen LogP contribution >= 0.6 is 0 Å². The molecule has 0 saturated carbocycles. The zero-order valence-electron chi connectivity index (χ0n) is 16.6. The first kappa shape index (κ1) is 19.0. The van der Waals surface area contributed by atoms with Gasteiger partial charge in [0.25, 0.3) is 0 Å². The van der Waals surface area contributed by atoms with Crippen molar-refractivity contribution in [2.45, 2.75) is 39.0 Å². The number of rotatable bonds is 9. The van der Waals surface area contributed by atoms with E-state index in [9.17, 15) is 4.79 Å². The van der Waals surface area contributed by atoms with Gasteiger partial charge in [-0.25, -0.2) is 0 Å². The summed E-state index contributed by atoms with van der Waals surface area (Å²) in [6.07, 6.45) is 5.56. The maximum Gasteiger partial charge on any atom is 0.194 e. The van der Waals surface area contributed by atoms with Gasteiger partial charge in [-0.1, -0.05) is 37.6 Å². The van der Waals surface area contributed by atoms with Gasteiger partial charge in [-0.15, -0.1) is 0 Å². The molecular weight excluding hydrogens is 350 g/mol. The second-order valence-corrected chi connectivity index (χ2v) is 7.74. The van der Waals surface area contributed by atoms with Gasteiger partial charge in [0.05, 0.1) is 13.2 Å². The van der Waals surface area contributed by atoms with E-state index in [0.29, 0.717) is 13.2 Å². The Morgan fingerprint density at radius 2 is 1.61 bits per heavy atom. The lowest BCUT2D eigenvalue weighted by molar-refractivity contribution is 0.104. The Hall–Kier alpha value is -2.33. The van der Waals surface area contributed by atoms with Crippen LogP contribution in [0.4, 0.5) is 0 Å². The van der Waals surface area contributed by atoms with E-state index in [1.165, 1.54) is 12.8 Å². The van der Waals surface area contributed by atoms with Crippen LogP contribution in [0.2, 0.25) is 0 Å². The number of unbranched alkanes of at least 4 members (excludes halogenated alkanes) is 1. The third-order valence-electron chi connectivity index (χ3n) is 5.72. The zero-order valence-corrected chi connectivity index (χ0v) is 16.6. The summed E-state index contributed by atoms with van der Waals surface area (Å²) in [6, 6.07) is 11.5. The van der Waals surface area contributed by atoms with Gasteiger partial charge < -0.3 is 14.8 Å². The molecule has 0 amide bonds. The van der Waals surface area contributed by atoms with Crippen molar-refractivity contribution in [1.29, 1.82) is 0 Å². The fourth-order valence-corrected chi connectivity index (χ4v) is 4.18. The third kappa shape index (κ3) is 3.79. The Labute approximate surface area is 167 Å². The molecule has 1 aliphatic carbocycles. The Kier molecular flexibility index (Phi) is 5.96. The van der Waals surface area contributed by atoms with Crippen LogP contribution < -0.4 is 14.8 Å². The van der Waals surface area contributed by atoms with E-state index < -0.39 is 0 Å². The molecule has 1 unspecified atom stereocenters. The Bertz CT molecular complexity index is 840. The number of fused-ring (bicyclic) bond motifs is 3. The van der Waals surface area contributed by atoms with Crippen LogP contribution in [0.5, 0.6) is 11.5 Å². The molecule has 1 saturated heterocycles. The molecule has 2 aromatic carbocycles. The van der Waals surface area contributed by atoms with Gasteiger partial charge in [-0.3, -0.25) is 4.79 Å². The second-order valence-electron chi connectivity index (χ2n) is 7.74. The average Bonchev–Trinajstić information content (AvgIpc) is 3.33. The van der Waals surface area contributed by atoms with Crippen LogP contribution in [0.1, 0.15) is 54.9 Å². The largest absolute Gasteiger partial charge is 0.493 e. The highest BCUT2D eigenvalue weighted by Crippen LogP contribution is 2.47. The zero-order chi connectivity index (χ0) is 19.3. The summed E-state index contributed by atoms with van der Waals surface area (Å²) in [5, 5.41) is 3.42. The predicted octanol–water partition coefficient (Wildman–Crippen LogP) is 4.85. The number of hydrogen-bond donors (Lipinski definition) is 1. The van der Waals surface area contributed by atoms with Crippen LogP contribution in [0.3, 0.4) is 0 Å². The molecule has 0 radical (unpaired) electrons. The molecule has 4 rings (SSSR count). The minimum atomic E-state index is 0.0634. The van der Waals surface area contributed by atoms with Gasteiger partial charge in [0.1, 0.15) is 11.5 Å². The minimum absolute atomic E-state index is 0.0634. The Morgan fingerprint density at radius 3 is 2.18 bits per heavy atom. The molecule has 0 bridgehead atoms. The quantitative estimate of drug-likeness (QED) is 0.540. The Balaban J connectivity index is 1.54. The minimum Gasteiger partial charge on any atom is -0.493 e. The number of ketones is 1. The van der Waals surface area contributed by atoms with Crippen LogP contribution in [0.15, 0.2) is 36.4 Å². The first-order chi connectivity index (χ1) is 13.8. The summed E-state index contributed by atoms with van der Waals surface area (Å²) in [6.45, 7) is 5.74. The predicted molar refractivity (Wildman–Crippen MR) is 111 cm³/mol. The molecule has 2 aliphatic rings. The molecule has 2 aromatic rings. The van der Waals surface area contributed by atoms with Crippen molar-refractivity contribution in [2.75, 3.05) is 26.3 Å². The average molecular weight is 380 g/mol. The molecule has 1 fully saturated rings. The summed E-state index contributed by atoms with van der Waals surface area (Å²) < 4.78 is 12.2. The fourth-order valence-electron chi connectivity index (χ4n) is 4.18. The molecule has 1 atom stereocenters. The fraction of sp³-hybridized carbons (Fsp3) is 0.458. The summed E-state index contributed by atoms with van der Waals surface area (Å²) in [5.74, 6) is 2.41. The maximum absolute atomic E-state index is 12.9. The van der Waals surface area contributed by atoms with Gasteiger partial charge in [0, 0.05) is 22.3 Å². The highest BCUT2D eigenvalue weighted by Gasteiger charge is 2.32. The smallest absolute Gasteiger partial charge is 0.194 e. The van der Waals surface area contributed by atoms with Crippen molar-refractivity contribution in [3.8, 4) is 22.6 Å². The van der Waals surface area contributed by atoms with E-state index in [4.69, 9.17) is 9.47 Å².